The third-order valence-electron chi connectivity index (χ3n) is 1.74. The van der Waals surface area contributed by atoms with Gasteiger partial charge in [-0.05, 0) is 12.1 Å². The smallest absolute Gasteiger partial charge is 0.135 e. The molecule has 0 aliphatic carbocycles. The van der Waals surface area contributed by atoms with E-state index in [4.69, 9.17) is 0 Å². The first kappa shape index (κ1) is 9.09. The van der Waals surface area contributed by atoms with Gasteiger partial charge in [-0.2, -0.15) is 0 Å². The fraction of sp³-hybridized carbons (Fsp3) is 0.250. The summed E-state index contributed by atoms with van der Waals surface area (Å²) >= 11 is 0. The van der Waals surface area contributed by atoms with E-state index in [-0.39, 0.29) is 12.1 Å². The van der Waals surface area contributed by atoms with E-state index in [0.717, 1.165) is 0 Å². The summed E-state index contributed by atoms with van der Waals surface area (Å²) in [5, 5.41) is 0. The molecule has 0 aliphatic heterocycles. The van der Waals surface area contributed by atoms with E-state index in [1.165, 1.54) is 12.1 Å². The normalized spacial score (nSPS) is 10.3. The number of rotatable bonds is 2. The van der Waals surface area contributed by atoms with Crippen LogP contribution in [-0.2, 0) is 13.1 Å². The van der Waals surface area contributed by atoms with Crippen LogP contribution in [0, 0.1) is 11.6 Å². The van der Waals surface area contributed by atoms with Gasteiger partial charge in [0, 0.05) is 5.56 Å². The Morgan fingerprint density at radius 3 is 1.83 bits per heavy atom. The van der Waals surface area contributed by atoms with Crippen molar-refractivity contribution < 1.29 is 20.2 Å². The SMILES string of the molecule is [NH3+]Cc1cc(F)c(C[NH3+])c(F)c1. The molecule has 0 atom stereocenters. The third-order valence-corrected chi connectivity index (χ3v) is 1.74. The highest BCUT2D eigenvalue weighted by atomic mass is 19.1. The summed E-state index contributed by atoms with van der Waals surface area (Å²) in [4.78, 5) is 0. The number of quaternary nitrogens is 2. The van der Waals surface area contributed by atoms with Crippen LogP contribution in [0.1, 0.15) is 11.1 Å². The summed E-state index contributed by atoms with van der Waals surface area (Å²) < 4.78 is 26.0. The number of hydrogen-bond donors (Lipinski definition) is 2. The molecule has 0 saturated heterocycles. The summed E-state index contributed by atoms with van der Waals surface area (Å²) in [6.45, 7) is 0.528. The molecule has 1 aromatic rings. The Bertz CT molecular complexity index is 263. The molecule has 2 nitrogen and oxygen atoms in total. The van der Waals surface area contributed by atoms with E-state index in [2.05, 4.69) is 11.5 Å². The molecular weight excluding hydrogens is 162 g/mol. The minimum Gasteiger partial charge on any atom is -0.354 e. The Hall–Kier alpha value is -1.00. The first-order chi connectivity index (χ1) is 5.69. The van der Waals surface area contributed by atoms with E-state index in [1.807, 2.05) is 0 Å². The maximum Gasteiger partial charge on any atom is 0.135 e. The van der Waals surface area contributed by atoms with Gasteiger partial charge in [0.05, 0.1) is 12.1 Å². The molecule has 0 fully saturated rings. The van der Waals surface area contributed by atoms with Crippen LogP contribution in [0.5, 0.6) is 0 Å². The lowest BCUT2D eigenvalue weighted by atomic mass is 10.1. The monoisotopic (exact) mass is 174 g/mol. The summed E-state index contributed by atoms with van der Waals surface area (Å²) in [5.41, 5.74) is 7.60. The van der Waals surface area contributed by atoms with Crippen molar-refractivity contribution in [3.8, 4) is 0 Å². The Morgan fingerprint density at radius 1 is 1.00 bits per heavy atom. The minimum atomic E-state index is -0.524. The zero-order valence-electron chi connectivity index (χ0n) is 6.74. The van der Waals surface area contributed by atoms with Gasteiger partial charge in [-0.3, -0.25) is 0 Å². The summed E-state index contributed by atoms with van der Waals surface area (Å²) in [6, 6.07) is 2.60. The highest BCUT2D eigenvalue weighted by Crippen LogP contribution is 2.13. The van der Waals surface area contributed by atoms with Crippen molar-refractivity contribution in [2.24, 2.45) is 0 Å². The molecule has 1 aromatic carbocycles. The van der Waals surface area contributed by atoms with E-state index in [9.17, 15) is 8.78 Å². The topological polar surface area (TPSA) is 55.3 Å². The van der Waals surface area contributed by atoms with E-state index >= 15 is 0 Å². The Morgan fingerprint density at radius 2 is 1.50 bits per heavy atom. The molecule has 0 amide bonds. The summed E-state index contributed by atoms with van der Waals surface area (Å²) in [7, 11) is 0. The van der Waals surface area contributed by atoms with Crippen molar-refractivity contribution in [1.29, 1.82) is 0 Å². The molecular formula is C8H12F2N2+2. The van der Waals surface area contributed by atoms with Crippen molar-refractivity contribution in [2.45, 2.75) is 13.1 Å². The minimum absolute atomic E-state index is 0.0483. The quantitative estimate of drug-likeness (QED) is 0.604. The maximum absolute atomic E-state index is 13.0. The Kier molecular flexibility index (Phi) is 2.73. The number of halogens is 2. The molecule has 12 heavy (non-hydrogen) atoms. The number of benzene rings is 1. The predicted octanol–water partition coefficient (Wildman–Crippen LogP) is -0.551. The van der Waals surface area contributed by atoms with Gasteiger partial charge >= 0.3 is 0 Å². The lowest BCUT2D eigenvalue weighted by molar-refractivity contribution is -0.388. The fourth-order valence-corrected chi connectivity index (χ4v) is 1.04. The molecule has 0 aromatic heterocycles. The fourth-order valence-electron chi connectivity index (χ4n) is 1.04. The molecule has 0 radical (unpaired) electrons. The largest absolute Gasteiger partial charge is 0.354 e. The molecule has 1 rings (SSSR count). The van der Waals surface area contributed by atoms with Crippen molar-refractivity contribution in [3.63, 3.8) is 0 Å². The lowest BCUT2D eigenvalue weighted by Crippen LogP contribution is -2.49. The van der Waals surface area contributed by atoms with Gasteiger partial charge in [-0.1, -0.05) is 0 Å². The van der Waals surface area contributed by atoms with Gasteiger partial charge in [-0.25, -0.2) is 8.78 Å². The third kappa shape index (κ3) is 1.60. The van der Waals surface area contributed by atoms with E-state index in [0.29, 0.717) is 12.1 Å². The lowest BCUT2D eigenvalue weighted by Gasteiger charge is -2.01. The molecule has 0 unspecified atom stereocenters. The zero-order chi connectivity index (χ0) is 9.14. The van der Waals surface area contributed by atoms with Crippen LogP contribution in [0.4, 0.5) is 8.78 Å². The zero-order valence-corrected chi connectivity index (χ0v) is 6.74. The van der Waals surface area contributed by atoms with E-state index in [1.54, 1.807) is 0 Å². The molecule has 66 valence electrons. The average molecular weight is 174 g/mol. The molecule has 6 N–H and O–H groups in total. The highest BCUT2D eigenvalue weighted by Gasteiger charge is 2.10. The molecule has 0 saturated carbocycles. The first-order valence-electron chi connectivity index (χ1n) is 3.74. The molecule has 0 bridgehead atoms. The maximum atomic E-state index is 13.0. The van der Waals surface area contributed by atoms with Crippen LogP contribution >= 0.6 is 0 Å². The van der Waals surface area contributed by atoms with Crippen molar-refractivity contribution in [1.82, 2.24) is 0 Å². The van der Waals surface area contributed by atoms with Gasteiger partial charge in [-0.15, -0.1) is 0 Å². The average Bonchev–Trinajstić information content (AvgIpc) is 2.03. The Labute approximate surface area is 69.2 Å². The van der Waals surface area contributed by atoms with Gasteiger partial charge < -0.3 is 11.5 Å². The van der Waals surface area contributed by atoms with Crippen molar-refractivity contribution >= 4 is 0 Å². The second-order valence-electron chi connectivity index (χ2n) is 2.54. The van der Waals surface area contributed by atoms with Crippen LogP contribution < -0.4 is 11.5 Å². The summed E-state index contributed by atoms with van der Waals surface area (Å²) in [6.07, 6.45) is 0. The first-order valence-corrected chi connectivity index (χ1v) is 3.74. The van der Waals surface area contributed by atoms with Crippen LogP contribution in [0.2, 0.25) is 0 Å². The van der Waals surface area contributed by atoms with Crippen LogP contribution in [0.15, 0.2) is 12.1 Å². The number of hydrogen-bond acceptors (Lipinski definition) is 0. The van der Waals surface area contributed by atoms with E-state index < -0.39 is 11.6 Å². The predicted molar refractivity (Wildman–Crippen MR) is 39.5 cm³/mol. The Balaban J connectivity index is 3.18. The molecule has 0 spiro atoms. The van der Waals surface area contributed by atoms with Crippen LogP contribution in [-0.4, -0.2) is 0 Å². The van der Waals surface area contributed by atoms with Gasteiger partial charge in [0.25, 0.3) is 0 Å². The van der Waals surface area contributed by atoms with Gasteiger partial charge in [0.2, 0.25) is 0 Å². The molecule has 0 aliphatic rings. The van der Waals surface area contributed by atoms with Crippen molar-refractivity contribution in [3.05, 3.63) is 34.9 Å². The van der Waals surface area contributed by atoms with Gasteiger partial charge in [0.15, 0.2) is 0 Å². The molecule has 0 heterocycles. The van der Waals surface area contributed by atoms with Crippen LogP contribution in [0.25, 0.3) is 0 Å². The van der Waals surface area contributed by atoms with Crippen molar-refractivity contribution in [2.75, 3.05) is 0 Å². The second kappa shape index (κ2) is 3.60. The second-order valence-corrected chi connectivity index (χ2v) is 2.54. The highest BCUT2D eigenvalue weighted by molar-refractivity contribution is 5.24. The molecule has 4 heteroatoms. The van der Waals surface area contributed by atoms with Gasteiger partial charge in [0.1, 0.15) is 18.2 Å². The summed E-state index contributed by atoms with van der Waals surface area (Å²) in [5.74, 6) is -1.05. The van der Waals surface area contributed by atoms with Crippen LogP contribution in [0.3, 0.4) is 0 Å². The standard InChI is InChI=1S/C8H10F2N2/c9-7-1-5(3-11)2-8(10)6(7)4-12/h1-2H,3-4,11-12H2/p+2.